The Morgan fingerprint density at radius 3 is 0.842 bits per heavy atom. The highest BCUT2D eigenvalue weighted by molar-refractivity contribution is 5.71. The molecule has 0 N–H and O–H groups in total. The van der Waals surface area contributed by atoms with E-state index in [0.29, 0.717) is 19.3 Å². The van der Waals surface area contributed by atoms with Gasteiger partial charge in [0.25, 0.3) is 0 Å². The monoisotopic (exact) mass is 1060 g/mol. The van der Waals surface area contributed by atoms with E-state index in [4.69, 9.17) is 14.2 Å². The van der Waals surface area contributed by atoms with Crippen molar-refractivity contribution in [2.75, 3.05) is 13.2 Å². The second-order valence-electron chi connectivity index (χ2n) is 21.3. The second-order valence-corrected chi connectivity index (χ2v) is 21.3. The molecule has 76 heavy (non-hydrogen) atoms. The zero-order valence-corrected chi connectivity index (χ0v) is 50.0. The van der Waals surface area contributed by atoms with Crippen molar-refractivity contribution in [3.05, 3.63) is 97.2 Å². The zero-order chi connectivity index (χ0) is 55.0. The van der Waals surface area contributed by atoms with Crippen LogP contribution in [0, 0.1) is 0 Å². The van der Waals surface area contributed by atoms with Gasteiger partial charge in [0.05, 0.1) is 0 Å². The van der Waals surface area contributed by atoms with Crippen molar-refractivity contribution in [3.63, 3.8) is 0 Å². The SMILES string of the molecule is CC/C=C\C/C=C\C/C=C\C/C=C\CCCCCCCCCCC(=O)OC(COC(=O)CCCCCCC/C=C\C/C=C\CCCC)COC(=O)CCCCCCCCCCCCC/C=C\C/C=C\CCCCCCC. The Kier molecular flexibility index (Phi) is 60.8. The van der Waals surface area contributed by atoms with Crippen LogP contribution in [-0.2, 0) is 28.6 Å². The van der Waals surface area contributed by atoms with E-state index in [2.05, 4.69) is 118 Å². The van der Waals surface area contributed by atoms with E-state index in [-0.39, 0.29) is 31.1 Å². The molecule has 0 aromatic heterocycles. The smallest absolute Gasteiger partial charge is 0.306 e. The van der Waals surface area contributed by atoms with Gasteiger partial charge in [0.2, 0.25) is 0 Å². The van der Waals surface area contributed by atoms with Crippen LogP contribution in [0.1, 0.15) is 310 Å². The normalized spacial score (nSPS) is 12.7. The van der Waals surface area contributed by atoms with E-state index < -0.39 is 6.10 Å². The van der Waals surface area contributed by atoms with Gasteiger partial charge in [-0.1, -0.05) is 272 Å². The topological polar surface area (TPSA) is 78.9 Å². The zero-order valence-electron chi connectivity index (χ0n) is 50.0. The van der Waals surface area contributed by atoms with Gasteiger partial charge in [0, 0.05) is 19.3 Å². The van der Waals surface area contributed by atoms with Crippen LogP contribution >= 0.6 is 0 Å². The largest absolute Gasteiger partial charge is 0.462 e. The lowest BCUT2D eigenvalue weighted by molar-refractivity contribution is -0.167. The molecular weight excluding hydrogens is 937 g/mol. The Morgan fingerprint density at radius 2 is 0.526 bits per heavy atom. The fourth-order valence-electron chi connectivity index (χ4n) is 8.95. The maximum absolute atomic E-state index is 12.9. The van der Waals surface area contributed by atoms with Crippen LogP contribution in [-0.4, -0.2) is 37.2 Å². The van der Waals surface area contributed by atoms with Gasteiger partial charge < -0.3 is 14.2 Å². The molecule has 0 amide bonds. The van der Waals surface area contributed by atoms with Crippen LogP contribution in [0.3, 0.4) is 0 Å². The van der Waals surface area contributed by atoms with Gasteiger partial charge in [-0.05, 0) is 116 Å². The molecule has 0 heterocycles. The minimum atomic E-state index is -0.791. The first-order chi connectivity index (χ1) is 37.5. The summed E-state index contributed by atoms with van der Waals surface area (Å²) in [5.74, 6) is -0.901. The van der Waals surface area contributed by atoms with Crippen LogP contribution in [0.2, 0.25) is 0 Å². The number of esters is 3. The molecule has 0 aliphatic rings. The first kappa shape index (κ1) is 72.3. The molecule has 0 fully saturated rings. The molecule has 0 aromatic rings. The molecule has 436 valence electrons. The maximum Gasteiger partial charge on any atom is 0.306 e. The quantitative estimate of drug-likeness (QED) is 0.0261. The predicted molar refractivity (Wildman–Crippen MR) is 330 cm³/mol. The summed E-state index contributed by atoms with van der Waals surface area (Å²) >= 11 is 0. The summed E-state index contributed by atoms with van der Waals surface area (Å²) in [7, 11) is 0. The number of rotatable bonds is 58. The molecule has 0 aromatic carbocycles. The van der Waals surface area contributed by atoms with E-state index >= 15 is 0 Å². The number of carbonyl (C=O) groups is 3. The van der Waals surface area contributed by atoms with Gasteiger partial charge in [-0.2, -0.15) is 0 Å². The third kappa shape index (κ3) is 61.2. The molecule has 0 aliphatic heterocycles. The van der Waals surface area contributed by atoms with Crippen molar-refractivity contribution in [2.45, 2.75) is 316 Å². The molecule has 0 saturated heterocycles. The van der Waals surface area contributed by atoms with E-state index in [1.165, 1.54) is 148 Å². The van der Waals surface area contributed by atoms with E-state index in [1.807, 2.05) is 0 Å². The Hall–Kier alpha value is -3.67. The summed E-state index contributed by atoms with van der Waals surface area (Å²) in [5.41, 5.74) is 0. The van der Waals surface area contributed by atoms with Crippen molar-refractivity contribution < 1.29 is 28.6 Å². The molecule has 1 atom stereocenters. The lowest BCUT2D eigenvalue weighted by Gasteiger charge is -2.18. The number of carbonyl (C=O) groups excluding carboxylic acids is 3. The number of hydrogen-bond donors (Lipinski definition) is 0. The lowest BCUT2D eigenvalue weighted by Crippen LogP contribution is -2.30. The molecule has 0 saturated carbocycles. The van der Waals surface area contributed by atoms with Crippen molar-refractivity contribution in [1.82, 2.24) is 0 Å². The first-order valence-electron chi connectivity index (χ1n) is 32.2. The van der Waals surface area contributed by atoms with Crippen molar-refractivity contribution in [2.24, 2.45) is 0 Å². The van der Waals surface area contributed by atoms with Crippen molar-refractivity contribution in [1.29, 1.82) is 0 Å². The van der Waals surface area contributed by atoms with Crippen molar-refractivity contribution in [3.8, 4) is 0 Å². The maximum atomic E-state index is 12.9. The molecule has 0 radical (unpaired) electrons. The predicted octanol–water partition coefficient (Wildman–Crippen LogP) is 22.0. The molecule has 1 unspecified atom stereocenters. The summed E-state index contributed by atoms with van der Waals surface area (Å²) in [5, 5.41) is 0. The number of ether oxygens (including phenoxy) is 3. The van der Waals surface area contributed by atoms with Gasteiger partial charge in [0.15, 0.2) is 6.10 Å². The summed E-state index contributed by atoms with van der Waals surface area (Å²) < 4.78 is 16.9. The van der Waals surface area contributed by atoms with Gasteiger partial charge in [-0.25, -0.2) is 0 Å². The summed E-state index contributed by atoms with van der Waals surface area (Å²) in [6, 6.07) is 0. The minimum absolute atomic E-state index is 0.0859. The van der Waals surface area contributed by atoms with Crippen LogP contribution in [0.15, 0.2) is 97.2 Å². The summed E-state index contributed by atoms with van der Waals surface area (Å²) in [6.07, 6.45) is 85.5. The van der Waals surface area contributed by atoms with E-state index in [0.717, 1.165) is 122 Å². The second kappa shape index (κ2) is 63.9. The van der Waals surface area contributed by atoms with Crippen LogP contribution in [0.4, 0.5) is 0 Å². The Balaban J connectivity index is 4.37. The van der Waals surface area contributed by atoms with Crippen molar-refractivity contribution >= 4 is 17.9 Å². The molecule has 0 rings (SSSR count). The highest BCUT2D eigenvalue weighted by Gasteiger charge is 2.19. The molecule has 6 heteroatoms. The Morgan fingerprint density at radius 1 is 0.276 bits per heavy atom. The van der Waals surface area contributed by atoms with E-state index in [9.17, 15) is 14.4 Å². The highest BCUT2D eigenvalue weighted by Crippen LogP contribution is 2.16. The van der Waals surface area contributed by atoms with E-state index in [1.54, 1.807) is 0 Å². The molecular formula is C70H120O6. The average molecular weight is 1060 g/mol. The number of hydrogen-bond acceptors (Lipinski definition) is 6. The highest BCUT2D eigenvalue weighted by atomic mass is 16.6. The lowest BCUT2D eigenvalue weighted by atomic mass is 10.0. The number of allylic oxidation sites excluding steroid dienone is 16. The van der Waals surface area contributed by atoms with Gasteiger partial charge in [-0.15, -0.1) is 0 Å². The molecule has 0 bridgehead atoms. The Labute approximate surface area is 470 Å². The summed E-state index contributed by atoms with van der Waals surface area (Å²) in [6.45, 7) is 6.48. The third-order valence-electron chi connectivity index (χ3n) is 13.8. The van der Waals surface area contributed by atoms with Crippen LogP contribution in [0.5, 0.6) is 0 Å². The first-order valence-corrected chi connectivity index (χ1v) is 32.2. The van der Waals surface area contributed by atoms with Crippen LogP contribution < -0.4 is 0 Å². The Bertz CT molecular complexity index is 1490. The minimum Gasteiger partial charge on any atom is -0.462 e. The van der Waals surface area contributed by atoms with Gasteiger partial charge in [-0.3, -0.25) is 14.4 Å². The summed E-state index contributed by atoms with van der Waals surface area (Å²) in [4.78, 5) is 38.3. The van der Waals surface area contributed by atoms with Crippen LogP contribution in [0.25, 0.3) is 0 Å². The average Bonchev–Trinajstić information content (AvgIpc) is 3.42. The fourth-order valence-corrected chi connectivity index (χ4v) is 8.95. The number of unbranched alkanes of at least 4 members (excludes halogenated alkanes) is 31. The molecule has 6 nitrogen and oxygen atoms in total. The molecule has 0 aliphatic carbocycles. The van der Waals surface area contributed by atoms with Gasteiger partial charge in [0.1, 0.15) is 13.2 Å². The molecule has 0 spiro atoms. The standard InChI is InChI=1S/C70H120O6/c1-4-7-10-13-16-19-22-25-28-30-32-34-35-37-38-40-42-45-48-51-54-57-60-63-69(72)75-66-67(65-74-68(71)62-59-56-53-50-47-44-27-24-21-18-15-12-9-6-3)76-70(73)64-61-58-55-52-49-46-43-41-39-36-33-31-29-26-23-20-17-14-11-8-5-2/h8,11,15,17-18,20,22,24-27,29-30,32-33,36,67H,4-7,9-10,12-14,16,19,21,23,28,31,34-35,37-66H2,1-3H3/b11-8-,18-15-,20-17-,25-22-,27-24-,29-26-,32-30-,36-33-. The third-order valence-corrected chi connectivity index (χ3v) is 13.8. The van der Waals surface area contributed by atoms with Gasteiger partial charge >= 0.3 is 17.9 Å². The fraction of sp³-hybridized carbons (Fsp3) is 0.729.